The van der Waals surface area contributed by atoms with Gasteiger partial charge in [0, 0.05) is 18.5 Å². The Balaban J connectivity index is 1.81. The highest BCUT2D eigenvalue weighted by Gasteiger charge is 2.21. The van der Waals surface area contributed by atoms with Crippen LogP contribution in [0.1, 0.15) is 37.8 Å². The molecule has 1 N–H and O–H groups in total. The summed E-state index contributed by atoms with van der Waals surface area (Å²) < 4.78 is 2.02. The van der Waals surface area contributed by atoms with Crippen molar-refractivity contribution in [1.29, 1.82) is 0 Å². The maximum atomic E-state index is 4.76. The molecule has 2 aromatic rings. The Hall–Kier alpha value is -1.35. The fourth-order valence-electron chi connectivity index (χ4n) is 3.62. The second-order valence-electron chi connectivity index (χ2n) is 6.16. The maximum Gasteiger partial charge on any atom is 0.0706 e. The minimum absolute atomic E-state index is 0.692. The van der Waals surface area contributed by atoms with Gasteiger partial charge in [0.2, 0.25) is 0 Å². The molecule has 0 radical (unpaired) electrons. The fraction of sp³-hybridized carbons (Fsp3) is 0.588. The number of rotatable bonds is 3. The Morgan fingerprint density at radius 1 is 1.25 bits per heavy atom. The van der Waals surface area contributed by atoms with Gasteiger partial charge in [-0.3, -0.25) is 4.68 Å². The smallest absolute Gasteiger partial charge is 0.0706 e. The first-order chi connectivity index (χ1) is 9.78. The van der Waals surface area contributed by atoms with Crippen molar-refractivity contribution in [2.24, 2.45) is 13.0 Å². The predicted octanol–water partition coefficient (Wildman–Crippen LogP) is 3.28. The van der Waals surface area contributed by atoms with E-state index in [2.05, 4.69) is 43.7 Å². The van der Waals surface area contributed by atoms with Crippen LogP contribution in [0.3, 0.4) is 0 Å². The van der Waals surface area contributed by atoms with Crippen LogP contribution in [0.5, 0.6) is 0 Å². The Morgan fingerprint density at radius 2 is 2.05 bits per heavy atom. The average Bonchev–Trinajstić information content (AvgIpc) is 2.65. The van der Waals surface area contributed by atoms with Crippen LogP contribution in [0.15, 0.2) is 24.3 Å². The maximum absolute atomic E-state index is 4.76. The highest BCUT2D eigenvalue weighted by atomic mass is 15.3. The van der Waals surface area contributed by atoms with E-state index in [1.807, 2.05) is 4.68 Å². The highest BCUT2D eigenvalue weighted by Crippen LogP contribution is 2.28. The average molecular weight is 271 g/mol. The summed E-state index contributed by atoms with van der Waals surface area (Å²) in [5, 5.41) is 9.57. The van der Waals surface area contributed by atoms with Crippen LogP contribution in [0.25, 0.3) is 10.9 Å². The molecule has 0 amide bonds. The number of nitrogens with zero attached hydrogens (tertiary/aromatic N) is 2. The molecule has 2 unspecified atom stereocenters. The van der Waals surface area contributed by atoms with Gasteiger partial charge < -0.3 is 5.32 Å². The van der Waals surface area contributed by atoms with Crippen molar-refractivity contribution in [2.45, 2.75) is 44.6 Å². The van der Waals surface area contributed by atoms with Crippen LogP contribution in [0.4, 0.5) is 0 Å². The highest BCUT2D eigenvalue weighted by molar-refractivity contribution is 5.81. The lowest BCUT2D eigenvalue weighted by Gasteiger charge is -2.18. The number of para-hydroxylation sites is 1. The lowest BCUT2D eigenvalue weighted by Crippen LogP contribution is -2.26. The standard InChI is InChI=1S/C17H25N3/c1-18-14-8-4-3-7-13(11-14)12-16-15-9-5-6-10-17(15)20(2)19-16/h5-6,9-10,13-14,18H,3-4,7-8,11-12H2,1-2H3. The van der Waals surface area contributed by atoms with Gasteiger partial charge in [0.05, 0.1) is 11.2 Å². The molecule has 0 saturated heterocycles. The molecule has 108 valence electrons. The summed E-state index contributed by atoms with van der Waals surface area (Å²) in [6.45, 7) is 0. The second-order valence-corrected chi connectivity index (χ2v) is 6.16. The first kappa shape index (κ1) is 13.6. The number of benzene rings is 1. The van der Waals surface area contributed by atoms with Crippen molar-refractivity contribution >= 4 is 10.9 Å². The summed E-state index contributed by atoms with van der Waals surface area (Å²) in [5.41, 5.74) is 2.53. The van der Waals surface area contributed by atoms with Crippen LogP contribution < -0.4 is 5.32 Å². The molecule has 3 heteroatoms. The summed E-state index contributed by atoms with van der Waals surface area (Å²) >= 11 is 0. The second kappa shape index (κ2) is 5.96. The third kappa shape index (κ3) is 2.73. The number of fused-ring (bicyclic) bond motifs is 1. The van der Waals surface area contributed by atoms with E-state index in [1.165, 1.54) is 48.7 Å². The van der Waals surface area contributed by atoms with E-state index in [-0.39, 0.29) is 0 Å². The third-order valence-corrected chi connectivity index (χ3v) is 4.76. The minimum atomic E-state index is 0.692. The van der Waals surface area contributed by atoms with Crippen LogP contribution >= 0.6 is 0 Å². The van der Waals surface area contributed by atoms with Gasteiger partial charge in [0.15, 0.2) is 0 Å². The molecule has 1 aromatic carbocycles. The van der Waals surface area contributed by atoms with Gasteiger partial charge in [-0.15, -0.1) is 0 Å². The number of hydrogen-bond acceptors (Lipinski definition) is 2. The summed E-state index contributed by atoms with van der Waals surface area (Å²) in [4.78, 5) is 0. The zero-order valence-electron chi connectivity index (χ0n) is 12.6. The monoisotopic (exact) mass is 271 g/mol. The molecule has 0 spiro atoms. The summed E-state index contributed by atoms with van der Waals surface area (Å²) in [7, 11) is 4.15. The molecule has 3 nitrogen and oxygen atoms in total. The van der Waals surface area contributed by atoms with Crippen LogP contribution in [-0.2, 0) is 13.5 Å². The molecule has 1 aliphatic rings. The van der Waals surface area contributed by atoms with Gasteiger partial charge in [-0.05, 0) is 38.3 Å². The Morgan fingerprint density at radius 3 is 2.90 bits per heavy atom. The molecule has 1 heterocycles. The van der Waals surface area contributed by atoms with Crippen LogP contribution in [0.2, 0.25) is 0 Å². The molecule has 2 atom stereocenters. The Kier molecular flexibility index (Phi) is 4.06. The van der Waals surface area contributed by atoms with E-state index in [4.69, 9.17) is 5.10 Å². The zero-order valence-corrected chi connectivity index (χ0v) is 12.6. The van der Waals surface area contributed by atoms with E-state index in [0.29, 0.717) is 6.04 Å². The molecule has 0 bridgehead atoms. The first-order valence-electron chi connectivity index (χ1n) is 7.86. The lowest BCUT2D eigenvalue weighted by atomic mass is 9.92. The molecule has 20 heavy (non-hydrogen) atoms. The van der Waals surface area contributed by atoms with Crippen molar-refractivity contribution in [3.63, 3.8) is 0 Å². The molecule has 0 aliphatic heterocycles. The SMILES string of the molecule is CNC1CCCCC(Cc2nn(C)c3ccccc23)C1. The minimum Gasteiger partial charge on any atom is -0.317 e. The van der Waals surface area contributed by atoms with Gasteiger partial charge in [-0.25, -0.2) is 0 Å². The summed E-state index contributed by atoms with van der Waals surface area (Å²) in [6.07, 6.45) is 7.83. The van der Waals surface area contributed by atoms with Crippen molar-refractivity contribution in [2.75, 3.05) is 7.05 Å². The number of nitrogens with one attached hydrogen (secondary N) is 1. The molecule has 1 aliphatic carbocycles. The molecule has 1 aromatic heterocycles. The quantitative estimate of drug-likeness (QED) is 0.868. The largest absolute Gasteiger partial charge is 0.317 e. The van der Waals surface area contributed by atoms with Crippen molar-refractivity contribution < 1.29 is 0 Å². The fourth-order valence-corrected chi connectivity index (χ4v) is 3.62. The third-order valence-electron chi connectivity index (χ3n) is 4.76. The van der Waals surface area contributed by atoms with Crippen LogP contribution in [-0.4, -0.2) is 22.9 Å². The van der Waals surface area contributed by atoms with E-state index < -0.39 is 0 Å². The van der Waals surface area contributed by atoms with Gasteiger partial charge in [0.1, 0.15) is 0 Å². The van der Waals surface area contributed by atoms with Crippen molar-refractivity contribution in [3.8, 4) is 0 Å². The molecular formula is C17H25N3. The number of aryl methyl sites for hydroxylation is 1. The van der Waals surface area contributed by atoms with Crippen molar-refractivity contribution in [1.82, 2.24) is 15.1 Å². The van der Waals surface area contributed by atoms with Crippen LogP contribution in [0, 0.1) is 5.92 Å². The first-order valence-corrected chi connectivity index (χ1v) is 7.86. The number of aromatic nitrogens is 2. The van der Waals surface area contributed by atoms with Gasteiger partial charge >= 0.3 is 0 Å². The molecule has 1 fully saturated rings. The topological polar surface area (TPSA) is 29.9 Å². The zero-order chi connectivity index (χ0) is 13.9. The van der Waals surface area contributed by atoms with Gasteiger partial charge in [-0.2, -0.15) is 5.10 Å². The molecule has 1 saturated carbocycles. The lowest BCUT2D eigenvalue weighted by molar-refractivity contribution is 0.397. The predicted molar refractivity (Wildman–Crippen MR) is 83.8 cm³/mol. The van der Waals surface area contributed by atoms with E-state index in [0.717, 1.165) is 12.3 Å². The Labute approximate surface area is 121 Å². The molecule has 3 rings (SSSR count). The van der Waals surface area contributed by atoms with Gasteiger partial charge in [-0.1, -0.05) is 37.5 Å². The van der Waals surface area contributed by atoms with Gasteiger partial charge in [0.25, 0.3) is 0 Å². The van der Waals surface area contributed by atoms with E-state index in [9.17, 15) is 0 Å². The molecular weight excluding hydrogens is 246 g/mol. The van der Waals surface area contributed by atoms with E-state index in [1.54, 1.807) is 0 Å². The Bertz CT molecular complexity index is 573. The van der Waals surface area contributed by atoms with E-state index >= 15 is 0 Å². The van der Waals surface area contributed by atoms with Crippen molar-refractivity contribution in [3.05, 3.63) is 30.0 Å². The normalized spacial score (nSPS) is 23.9. The summed E-state index contributed by atoms with van der Waals surface area (Å²) in [6, 6.07) is 9.28. The summed E-state index contributed by atoms with van der Waals surface area (Å²) in [5.74, 6) is 0.772. The number of hydrogen-bond donors (Lipinski definition) is 1.